The lowest BCUT2D eigenvalue weighted by Gasteiger charge is -2.09. The van der Waals surface area contributed by atoms with Gasteiger partial charge < -0.3 is 9.47 Å². The third kappa shape index (κ3) is 4.28. The first kappa shape index (κ1) is 17.9. The lowest BCUT2D eigenvalue weighted by molar-refractivity contribution is 0.0509. The molecule has 0 aliphatic heterocycles. The third-order valence-electron chi connectivity index (χ3n) is 3.11. The van der Waals surface area contributed by atoms with Gasteiger partial charge in [-0.3, -0.25) is 4.79 Å². The number of halogens is 2. The molecule has 0 amide bonds. The van der Waals surface area contributed by atoms with Gasteiger partial charge in [-0.2, -0.15) is 5.26 Å². The summed E-state index contributed by atoms with van der Waals surface area (Å²) in [5.74, 6) is -0.715. The molecule has 0 saturated heterocycles. The van der Waals surface area contributed by atoms with Gasteiger partial charge in [0.25, 0.3) is 0 Å². The summed E-state index contributed by atoms with van der Waals surface area (Å²) in [6.45, 7) is 0.0650. The molecule has 0 saturated carbocycles. The Hall–Kier alpha value is -2.49. The Kier molecular flexibility index (Phi) is 6.24. The van der Waals surface area contributed by atoms with E-state index in [0.29, 0.717) is 11.3 Å². The first-order valence-corrected chi connectivity index (χ1v) is 7.68. The Labute approximate surface area is 147 Å². The largest absolute Gasteiger partial charge is 0.467 e. The van der Waals surface area contributed by atoms with Gasteiger partial charge in [-0.05, 0) is 42.5 Å². The molecule has 0 atom stereocenters. The number of carbonyl (C=O) groups excluding carboxylic acids is 1. The Bertz CT molecular complexity index is 827. The van der Waals surface area contributed by atoms with Gasteiger partial charge in [-0.25, -0.2) is 4.39 Å². The van der Waals surface area contributed by atoms with E-state index in [-0.39, 0.29) is 17.9 Å². The first-order chi connectivity index (χ1) is 11.6. The number of methoxy groups -OCH3 is 1. The molecule has 0 heterocycles. The van der Waals surface area contributed by atoms with Crippen molar-refractivity contribution in [2.24, 2.45) is 0 Å². The highest BCUT2D eigenvalue weighted by molar-refractivity contribution is 9.10. The Morgan fingerprint density at radius 3 is 2.83 bits per heavy atom. The SMILES string of the molecule is COCOc1cccc(Br)c1/C=C/C(=O)c1ccc(C#N)cc1F. The van der Waals surface area contributed by atoms with Crippen LogP contribution in [0.25, 0.3) is 6.08 Å². The Morgan fingerprint density at radius 1 is 1.38 bits per heavy atom. The molecule has 0 fully saturated rings. The van der Waals surface area contributed by atoms with Crippen molar-refractivity contribution in [1.82, 2.24) is 0 Å². The molecule has 4 nitrogen and oxygen atoms in total. The average molecular weight is 390 g/mol. The van der Waals surface area contributed by atoms with Crippen LogP contribution in [0.15, 0.2) is 46.9 Å². The molecule has 0 unspecified atom stereocenters. The van der Waals surface area contributed by atoms with Crippen molar-refractivity contribution in [3.8, 4) is 11.8 Å². The summed E-state index contributed by atoms with van der Waals surface area (Å²) in [4.78, 5) is 12.2. The van der Waals surface area contributed by atoms with Crippen molar-refractivity contribution < 1.29 is 18.7 Å². The molecule has 0 N–H and O–H groups in total. The minimum Gasteiger partial charge on any atom is -0.467 e. The number of nitriles is 1. The molecule has 6 heteroatoms. The highest BCUT2D eigenvalue weighted by Crippen LogP contribution is 2.28. The number of carbonyl (C=O) groups is 1. The summed E-state index contributed by atoms with van der Waals surface area (Å²) in [5.41, 5.74) is 0.697. The predicted octanol–water partition coefficient (Wildman–Crippen LogP) is 4.34. The number of ether oxygens (including phenoxy) is 2. The minimum absolute atomic E-state index is 0.0650. The molecule has 0 aliphatic carbocycles. The number of ketones is 1. The van der Waals surface area contributed by atoms with E-state index >= 15 is 0 Å². The zero-order valence-corrected chi connectivity index (χ0v) is 14.3. The fraction of sp³-hybridized carbons (Fsp3) is 0.111. The van der Waals surface area contributed by atoms with Gasteiger partial charge in [-0.15, -0.1) is 0 Å². The summed E-state index contributed by atoms with van der Waals surface area (Å²) < 4.78 is 24.9. The van der Waals surface area contributed by atoms with Gasteiger partial charge in [0.15, 0.2) is 12.6 Å². The van der Waals surface area contributed by atoms with Crippen molar-refractivity contribution in [2.45, 2.75) is 0 Å². The number of rotatable bonds is 6. The van der Waals surface area contributed by atoms with Gasteiger partial charge in [0.05, 0.1) is 17.2 Å². The molecule has 0 spiro atoms. The molecular weight excluding hydrogens is 377 g/mol. The second-order valence-electron chi connectivity index (χ2n) is 4.71. The molecule has 2 rings (SSSR count). The minimum atomic E-state index is -0.730. The monoisotopic (exact) mass is 389 g/mol. The molecule has 24 heavy (non-hydrogen) atoms. The highest BCUT2D eigenvalue weighted by atomic mass is 79.9. The van der Waals surface area contributed by atoms with E-state index in [9.17, 15) is 9.18 Å². The van der Waals surface area contributed by atoms with Crippen LogP contribution in [-0.4, -0.2) is 19.7 Å². The van der Waals surface area contributed by atoms with Gasteiger partial charge in [0, 0.05) is 17.1 Å². The predicted molar refractivity (Wildman–Crippen MR) is 91.1 cm³/mol. The van der Waals surface area contributed by atoms with E-state index in [0.717, 1.165) is 10.5 Å². The van der Waals surface area contributed by atoms with E-state index in [1.807, 2.05) is 6.07 Å². The van der Waals surface area contributed by atoms with E-state index in [4.69, 9.17) is 14.7 Å². The zero-order chi connectivity index (χ0) is 17.5. The van der Waals surface area contributed by atoms with Crippen LogP contribution in [0.5, 0.6) is 5.75 Å². The van der Waals surface area contributed by atoms with Crippen molar-refractivity contribution >= 4 is 27.8 Å². The smallest absolute Gasteiger partial charge is 0.188 e. The maximum atomic E-state index is 13.9. The number of benzene rings is 2. The fourth-order valence-corrected chi connectivity index (χ4v) is 2.44. The zero-order valence-electron chi connectivity index (χ0n) is 12.8. The van der Waals surface area contributed by atoms with Gasteiger partial charge in [0.2, 0.25) is 0 Å². The van der Waals surface area contributed by atoms with Crippen molar-refractivity contribution in [3.05, 3.63) is 69.5 Å². The lowest BCUT2D eigenvalue weighted by Crippen LogP contribution is -2.01. The fourth-order valence-electron chi connectivity index (χ4n) is 1.96. The standard InChI is InChI=1S/C18H13BrFNO3/c1-23-11-24-18-4-2-3-15(19)13(18)7-8-17(22)14-6-5-12(10-21)9-16(14)20/h2-9H,11H2,1H3/b8-7+. The van der Waals surface area contributed by atoms with Crippen LogP contribution in [0, 0.1) is 17.1 Å². The summed E-state index contributed by atoms with van der Waals surface area (Å²) in [6, 6.07) is 10.9. The maximum Gasteiger partial charge on any atom is 0.188 e. The number of hydrogen-bond donors (Lipinski definition) is 0. The Balaban J connectivity index is 2.28. The topological polar surface area (TPSA) is 59.3 Å². The number of allylic oxidation sites excluding steroid dienone is 1. The van der Waals surface area contributed by atoms with Crippen LogP contribution in [0.2, 0.25) is 0 Å². The molecule has 0 radical (unpaired) electrons. The average Bonchev–Trinajstić information content (AvgIpc) is 2.58. The van der Waals surface area contributed by atoms with Crippen LogP contribution in [0.4, 0.5) is 4.39 Å². The molecule has 0 aliphatic rings. The lowest BCUT2D eigenvalue weighted by atomic mass is 10.1. The van der Waals surface area contributed by atoms with Gasteiger partial charge >= 0.3 is 0 Å². The number of nitrogens with zero attached hydrogens (tertiary/aromatic N) is 1. The van der Waals surface area contributed by atoms with E-state index < -0.39 is 11.6 Å². The van der Waals surface area contributed by atoms with Gasteiger partial charge in [0.1, 0.15) is 11.6 Å². The van der Waals surface area contributed by atoms with E-state index in [2.05, 4.69) is 15.9 Å². The molecule has 2 aromatic carbocycles. The van der Waals surface area contributed by atoms with Crippen LogP contribution in [-0.2, 0) is 4.74 Å². The van der Waals surface area contributed by atoms with E-state index in [1.165, 1.54) is 31.4 Å². The van der Waals surface area contributed by atoms with Crippen LogP contribution in [0.1, 0.15) is 21.5 Å². The summed E-state index contributed by atoms with van der Waals surface area (Å²) in [6.07, 6.45) is 2.79. The summed E-state index contributed by atoms with van der Waals surface area (Å²) in [5, 5.41) is 8.73. The normalized spacial score (nSPS) is 10.6. The van der Waals surface area contributed by atoms with Gasteiger partial charge in [-0.1, -0.05) is 22.0 Å². The molecule has 122 valence electrons. The molecule has 2 aromatic rings. The van der Waals surface area contributed by atoms with E-state index in [1.54, 1.807) is 18.2 Å². The van der Waals surface area contributed by atoms with Crippen LogP contribution >= 0.6 is 15.9 Å². The van der Waals surface area contributed by atoms with Crippen molar-refractivity contribution in [2.75, 3.05) is 13.9 Å². The third-order valence-corrected chi connectivity index (χ3v) is 3.80. The Morgan fingerprint density at radius 2 is 2.17 bits per heavy atom. The number of hydrogen-bond acceptors (Lipinski definition) is 4. The molecular formula is C18H13BrFNO3. The highest BCUT2D eigenvalue weighted by Gasteiger charge is 2.11. The van der Waals surface area contributed by atoms with Crippen molar-refractivity contribution in [3.63, 3.8) is 0 Å². The quantitative estimate of drug-likeness (QED) is 0.418. The second kappa shape index (κ2) is 8.39. The van der Waals surface area contributed by atoms with Crippen molar-refractivity contribution in [1.29, 1.82) is 5.26 Å². The summed E-state index contributed by atoms with van der Waals surface area (Å²) in [7, 11) is 1.50. The van der Waals surface area contributed by atoms with Crippen LogP contribution in [0.3, 0.4) is 0 Å². The van der Waals surface area contributed by atoms with Crippen LogP contribution < -0.4 is 4.74 Å². The maximum absolute atomic E-state index is 13.9. The summed E-state index contributed by atoms with van der Waals surface area (Å²) >= 11 is 3.39. The molecule has 0 bridgehead atoms. The second-order valence-corrected chi connectivity index (χ2v) is 5.56. The first-order valence-electron chi connectivity index (χ1n) is 6.89. The molecule has 0 aromatic heterocycles.